The quantitative estimate of drug-likeness (QED) is 0.247. The van der Waals surface area contributed by atoms with Crippen LogP contribution in [0.5, 0.6) is 11.5 Å². The van der Waals surface area contributed by atoms with Crippen LogP contribution in [0.15, 0.2) is 78.9 Å². The molecule has 0 spiro atoms. The Kier molecular flexibility index (Phi) is 9.38. The Bertz CT molecular complexity index is 1160. The van der Waals surface area contributed by atoms with E-state index in [0.717, 1.165) is 23.1 Å². The van der Waals surface area contributed by atoms with Crippen molar-refractivity contribution in [1.29, 1.82) is 0 Å². The van der Waals surface area contributed by atoms with Gasteiger partial charge in [0.15, 0.2) is 17.6 Å². The van der Waals surface area contributed by atoms with Crippen LogP contribution in [0.3, 0.4) is 0 Å². The Morgan fingerprint density at radius 2 is 1.53 bits per heavy atom. The predicted octanol–water partition coefficient (Wildman–Crippen LogP) is 5.50. The van der Waals surface area contributed by atoms with Crippen molar-refractivity contribution in [2.45, 2.75) is 44.4 Å². The molecule has 200 valence electrons. The second-order valence-corrected chi connectivity index (χ2v) is 9.28. The number of ether oxygens (including phenoxy) is 4. The van der Waals surface area contributed by atoms with E-state index in [1.165, 1.54) is 6.92 Å². The molecule has 0 saturated carbocycles. The lowest BCUT2D eigenvalue weighted by Gasteiger charge is -2.30. The summed E-state index contributed by atoms with van der Waals surface area (Å²) in [4.78, 5) is 28.1. The van der Waals surface area contributed by atoms with Crippen LogP contribution >= 0.6 is 0 Å². The highest BCUT2D eigenvalue weighted by atomic mass is 16.5. The highest BCUT2D eigenvalue weighted by molar-refractivity contribution is 5.85. The first-order chi connectivity index (χ1) is 18.5. The van der Waals surface area contributed by atoms with Gasteiger partial charge in [0.1, 0.15) is 6.04 Å². The smallest absolute Gasteiger partial charge is 0.329 e. The summed E-state index contributed by atoms with van der Waals surface area (Å²) < 4.78 is 22.6. The summed E-state index contributed by atoms with van der Waals surface area (Å²) in [5, 5.41) is 0. The summed E-state index contributed by atoms with van der Waals surface area (Å²) in [6.45, 7) is 2.57. The first-order valence-corrected chi connectivity index (χ1v) is 12.9. The van der Waals surface area contributed by atoms with Crippen molar-refractivity contribution >= 4 is 11.9 Å². The summed E-state index contributed by atoms with van der Waals surface area (Å²) >= 11 is 0. The van der Waals surface area contributed by atoms with Gasteiger partial charge in [-0.25, -0.2) is 4.79 Å². The SMILES string of the molecule is COCCCOc1cc(C2CC[C@H](C(=O)OC(c3ccccc3)c3ccccc3)N2C(C)=O)ccc1OC. The molecule has 0 N–H and O–H groups in total. The zero-order valence-corrected chi connectivity index (χ0v) is 22.2. The number of esters is 1. The highest BCUT2D eigenvalue weighted by Gasteiger charge is 2.42. The van der Waals surface area contributed by atoms with E-state index in [2.05, 4.69) is 0 Å². The van der Waals surface area contributed by atoms with Crippen LogP contribution in [0.2, 0.25) is 0 Å². The van der Waals surface area contributed by atoms with Crippen molar-refractivity contribution in [2.75, 3.05) is 27.4 Å². The number of likely N-dealkylation sites (tertiary alicyclic amines) is 1. The second kappa shape index (κ2) is 13.1. The fraction of sp³-hybridized carbons (Fsp3) is 0.355. The van der Waals surface area contributed by atoms with E-state index >= 15 is 0 Å². The van der Waals surface area contributed by atoms with Crippen LogP contribution in [0.25, 0.3) is 0 Å². The Morgan fingerprint density at radius 3 is 2.11 bits per heavy atom. The lowest BCUT2D eigenvalue weighted by Crippen LogP contribution is -2.42. The number of hydrogen-bond acceptors (Lipinski definition) is 6. The second-order valence-electron chi connectivity index (χ2n) is 9.28. The molecule has 7 heteroatoms. The molecule has 1 unspecified atom stereocenters. The van der Waals surface area contributed by atoms with E-state index in [-0.39, 0.29) is 11.9 Å². The average Bonchev–Trinajstić information content (AvgIpc) is 3.41. The van der Waals surface area contributed by atoms with E-state index in [9.17, 15) is 9.59 Å². The maximum Gasteiger partial charge on any atom is 0.329 e. The topological polar surface area (TPSA) is 74.3 Å². The van der Waals surface area contributed by atoms with E-state index < -0.39 is 18.1 Å². The number of carbonyl (C=O) groups is 2. The first kappa shape index (κ1) is 27.2. The largest absolute Gasteiger partial charge is 0.493 e. The van der Waals surface area contributed by atoms with Gasteiger partial charge in [-0.1, -0.05) is 66.7 Å². The normalized spacial score (nSPS) is 16.9. The third kappa shape index (κ3) is 6.34. The molecule has 0 aromatic heterocycles. The Morgan fingerprint density at radius 1 is 0.868 bits per heavy atom. The predicted molar refractivity (Wildman–Crippen MR) is 144 cm³/mol. The van der Waals surface area contributed by atoms with E-state index in [1.807, 2.05) is 78.9 Å². The number of carbonyl (C=O) groups excluding carboxylic acids is 2. The molecule has 0 bridgehead atoms. The van der Waals surface area contributed by atoms with Gasteiger partial charge in [-0.2, -0.15) is 0 Å². The van der Waals surface area contributed by atoms with Crippen molar-refractivity contribution < 1.29 is 28.5 Å². The van der Waals surface area contributed by atoms with Gasteiger partial charge in [-0.3, -0.25) is 4.79 Å². The molecular weight excluding hydrogens is 482 g/mol. The van der Waals surface area contributed by atoms with Gasteiger partial charge >= 0.3 is 5.97 Å². The van der Waals surface area contributed by atoms with E-state index in [1.54, 1.807) is 19.1 Å². The molecule has 1 amide bonds. The van der Waals surface area contributed by atoms with Crippen LogP contribution < -0.4 is 9.47 Å². The summed E-state index contributed by atoms with van der Waals surface area (Å²) in [5.74, 6) is 0.626. The molecule has 0 radical (unpaired) electrons. The summed E-state index contributed by atoms with van der Waals surface area (Å²) in [6.07, 6.45) is 1.32. The third-order valence-electron chi connectivity index (χ3n) is 6.78. The zero-order chi connectivity index (χ0) is 26.9. The van der Waals surface area contributed by atoms with Crippen molar-refractivity contribution in [3.8, 4) is 11.5 Å². The number of benzene rings is 3. The molecule has 38 heavy (non-hydrogen) atoms. The van der Waals surface area contributed by atoms with Gasteiger partial charge in [0, 0.05) is 27.1 Å². The van der Waals surface area contributed by atoms with Crippen LogP contribution in [0, 0.1) is 0 Å². The maximum atomic E-state index is 13.6. The molecule has 3 aromatic rings. The molecule has 0 aliphatic carbocycles. The lowest BCUT2D eigenvalue weighted by atomic mass is 10.0. The highest BCUT2D eigenvalue weighted by Crippen LogP contribution is 2.41. The lowest BCUT2D eigenvalue weighted by molar-refractivity contribution is -0.157. The fourth-order valence-electron chi connectivity index (χ4n) is 4.99. The molecule has 2 atom stereocenters. The number of methoxy groups -OCH3 is 2. The van der Waals surface area contributed by atoms with Gasteiger partial charge in [-0.15, -0.1) is 0 Å². The molecule has 1 saturated heterocycles. The minimum absolute atomic E-state index is 0.177. The maximum absolute atomic E-state index is 13.6. The van der Waals surface area contributed by atoms with Crippen molar-refractivity contribution in [1.82, 2.24) is 4.90 Å². The van der Waals surface area contributed by atoms with Crippen LogP contribution in [0.1, 0.15) is 55.0 Å². The van der Waals surface area contributed by atoms with Crippen molar-refractivity contribution in [3.05, 3.63) is 95.6 Å². The van der Waals surface area contributed by atoms with E-state index in [4.69, 9.17) is 18.9 Å². The summed E-state index contributed by atoms with van der Waals surface area (Å²) in [7, 11) is 3.25. The molecule has 1 aliphatic rings. The Balaban J connectivity index is 1.56. The average molecular weight is 518 g/mol. The molecule has 7 nitrogen and oxygen atoms in total. The first-order valence-electron chi connectivity index (χ1n) is 12.9. The van der Waals surface area contributed by atoms with Gasteiger partial charge in [0.2, 0.25) is 5.91 Å². The standard InChI is InChI=1S/C31H35NO6/c1-22(33)32-26(25-15-18-28(36-3)29(21-25)37-20-10-19-35-2)16-17-27(32)31(34)38-30(23-11-6-4-7-12-23)24-13-8-5-9-14-24/h4-9,11-15,18,21,26-27,30H,10,16-17,19-20H2,1-3H3/t26?,27-/m1/s1. The Labute approximate surface area is 224 Å². The van der Waals surface area contributed by atoms with Crippen LogP contribution in [0.4, 0.5) is 0 Å². The van der Waals surface area contributed by atoms with E-state index in [0.29, 0.717) is 37.6 Å². The molecule has 1 fully saturated rings. The van der Waals surface area contributed by atoms with Crippen molar-refractivity contribution in [2.24, 2.45) is 0 Å². The zero-order valence-electron chi connectivity index (χ0n) is 22.2. The van der Waals surface area contributed by atoms with Gasteiger partial charge in [0.25, 0.3) is 0 Å². The van der Waals surface area contributed by atoms with Gasteiger partial charge < -0.3 is 23.8 Å². The van der Waals surface area contributed by atoms with Gasteiger partial charge in [-0.05, 0) is 41.7 Å². The minimum atomic E-state index is -0.680. The number of amides is 1. The summed E-state index contributed by atoms with van der Waals surface area (Å²) in [5.41, 5.74) is 2.64. The minimum Gasteiger partial charge on any atom is -0.493 e. The molecule has 3 aromatic carbocycles. The summed E-state index contributed by atoms with van der Waals surface area (Å²) in [6, 6.07) is 24.0. The molecular formula is C31H35NO6. The number of rotatable bonds is 11. The number of nitrogens with zero attached hydrogens (tertiary/aromatic N) is 1. The molecule has 1 heterocycles. The third-order valence-corrected chi connectivity index (χ3v) is 6.78. The fourth-order valence-corrected chi connectivity index (χ4v) is 4.99. The van der Waals surface area contributed by atoms with Crippen molar-refractivity contribution in [3.63, 3.8) is 0 Å². The van der Waals surface area contributed by atoms with Gasteiger partial charge in [0.05, 0.1) is 19.8 Å². The number of hydrogen-bond donors (Lipinski definition) is 0. The Hall–Kier alpha value is -3.84. The molecule has 1 aliphatic heterocycles. The van der Waals surface area contributed by atoms with Crippen LogP contribution in [-0.2, 0) is 19.1 Å². The molecule has 4 rings (SSSR count). The monoisotopic (exact) mass is 517 g/mol. The van der Waals surface area contributed by atoms with Crippen LogP contribution in [-0.4, -0.2) is 50.3 Å².